The van der Waals surface area contributed by atoms with Gasteiger partial charge in [0.25, 0.3) is 0 Å². The van der Waals surface area contributed by atoms with Gasteiger partial charge in [0.2, 0.25) is 0 Å². The van der Waals surface area contributed by atoms with Crippen LogP contribution in [0.3, 0.4) is 0 Å². The molecule has 0 spiro atoms. The largest absolute Gasteiger partial charge is 0.324 e. The van der Waals surface area contributed by atoms with Crippen LogP contribution < -0.4 is 5.73 Å². The van der Waals surface area contributed by atoms with Crippen molar-refractivity contribution < 1.29 is 0 Å². The maximum atomic E-state index is 6.13. The Labute approximate surface area is 106 Å². The number of hydrogen-bond donors (Lipinski definition) is 1. The van der Waals surface area contributed by atoms with Crippen LogP contribution in [0.4, 0.5) is 0 Å². The molecule has 17 heavy (non-hydrogen) atoms. The van der Waals surface area contributed by atoms with Gasteiger partial charge in [0.05, 0.1) is 0 Å². The molecule has 2 nitrogen and oxygen atoms in total. The Bertz CT molecular complexity index is 545. The summed E-state index contributed by atoms with van der Waals surface area (Å²) in [7, 11) is 0. The minimum Gasteiger partial charge on any atom is -0.324 e. The number of hydrogen-bond acceptors (Lipinski definition) is 1. The number of halogens is 1. The van der Waals surface area contributed by atoms with Crippen molar-refractivity contribution in [1.82, 2.24) is 4.57 Å². The summed E-state index contributed by atoms with van der Waals surface area (Å²) in [6.07, 6.45) is 5.45. The quantitative estimate of drug-likeness (QED) is 0.821. The average Bonchev–Trinajstić information content (AvgIpc) is 2.74. The number of benzene rings is 1. The number of aromatic nitrogens is 1. The summed E-state index contributed by atoms with van der Waals surface area (Å²) >= 11 is 6.04. The zero-order chi connectivity index (χ0) is 11.8. The molecule has 0 saturated heterocycles. The second-order valence-corrected chi connectivity index (χ2v) is 5.00. The first-order chi connectivity index (χ1) is 8.25. The van der Waals surface area contributed by atoms with Crippen LogP contribution in [0.25, 0.3) is 5.69 Å². The van der Waals surface area contributed by atoms with Gasteiger partial charge in [-0.05, 0) is 49.1 Å². The Morgan fingerprint density at radius 1 is 1.29 bits per heavy atom. The van der Waals surface area contributed by atoms with Gasteiger partial charge in [-0.25, -0.2) is 0 Å². The maximum absolute atomic E-state index is 6.13. The van der Waals surface area contributed by atoms with Crippen molar-refractivity contribution in [3.8, 4) is 5.69 Å². The van der Waals surface area contributed by atoms with Crippen LogP contribution in [-0.2, 0) is 6.42 Å². The first-order valence-corrected chi connectivity index (χ1v) is 6.35. The second kappa shape index (κ2) is 4.21. The molecule has 0 fully saturated rings. The van der Waals surface area contributed by atoms with Crippen molar-refractivity contribution in [1.29, 1.82) is 0 Å². The Hall–Kier alpha value is -1.25. The molecule has 1 atom stereocenters. The van der Waals surface area contributed by atoms with E-state index in [1.165, 1.54) is 17.7 Å². The van der Waals surface area contributed by atoms with E-state index in [1.54, 1.807) is 0 Å². The van der Waals surface area contributed by atoms with Crippen molar-refractivity contribution in [3.63, 3.8) is 0 Å². The van der Waals surface area contributed by atoms with E-state index in [2.05, 4.69) is 22.9 Å². The first-order valence-electron chi connectivity index (χ1n) is 5.97. The Morgan fingerprint density at radius 2 is 2.18 bits per heavy atom. The Kier molecular flexibility index (Phi) is 2.69. The fourth-order valence-corrected chi connectivity index (χ4v) is 2.78. The van der Waals surface area contributed by atoms with Gasteiger partial charge >= 0.3 is 0 Å². The monoisotopic (exact) mass is 246 g/mol. The van der Waals surface area contributed by atoms with Crippen LogP contribution in [0.2, 0.25) is 5.02 Å². The van der Waals surface area contributed by atoms with Crippen LogP contribution >= 0.6 is 11.6 Å². The van der Waals surface area contributed by atoms with Gasteiger partial charge < -0.3 is 10.3 Å². The molecule has 0 bridgehead atoms. The van der Waals surface area contributed by atoms with Crippen LogP contribution in [0.15, 0.2) is 36.5 Å². The second-order valence-electron chi connectivity index (χ2n) is 4.57. The normalized spacial score (nSPS) is 19.1. The van der Waals surface area contributed by atoms with Gasteiger partial charge in [-0.15, -0.1) is 0 Å². The predicted octanol–water partition coefficient (Wildman–Crippen LogP) is 3.47. The number of rotatable bonds is 1. The molecular weight excluding hydrogens is 232 g/mol. The lowest BCUT2D eigenvalue weighted by Gasteiger charge is -2.21. The highest BCUT2D eigenvalue weighted by molar-refractivity contribution is 6.30. The lowest BCUT2D eigenvalue weighted by atomic mass is 9.93. The zero-order valence-corrected chi connectivity index (χ0v) is 10.3. The third-order valence-electron chi connectivity index (χ3n) is 3.44. The van der Waals surface area contributed by atoms with Crippen LogP contribution in [0, 0.1) is 0 Å². The van der Waals surface area contributed by atoms with Gasteiger partial charge in [0, 0.05) is 28.6 Å². The van der Waals surface area contributed by atoms with Crippen molar-refractivity contribution in [2.75, 3.05) is 0 Å². The van der Waals surface area contributed by atoms with E-state index >= 15 is 0 Å². The molecule has 1 aliphatic carbocycles. The van der Waals surface area contributed by atoms with E-state index in [9.17, 15) is 0 Å². The zero-order valence-electron chi connectivity index (χ0n) is 9.57. The summed E-state index contributed by atoms with van der Waals surface area (Å²) in [5.41, 5.74) is 9.87. The predicted molar refractivity (Wildman–Crippen MR) is 70.6 cm³/mol. The van der Waals surface area contributed by atoms with E-state index in [-0.39, 0.29) is 6.04 Å². The topological polar surface area (TPSA) is 30.9 Å². The lowest BCUT2D eigenvalue weighted by molar-refractivity contribution is 0.560. The van der Waals surface area contributed by atoms with Gasteiger partial charge in [0.1, 0.15) is 0 Å². The molecule has 0 amide bonds. The Balaban J connectivity index is 2.10. The van der Waals surface area contributed by atoms with Crippen LogP contribution in [-0.4, -0.2) is 4.57 Å². The van der Waals surface area contributed by atoms with E-state index in [4.69, 9.17) is 17.3 Å². The molecule has 0 saturated carbocycles. The molecule has 2 N–H and O–H groups in total. The van der Waals surface area contributed by atoms with Crippen molar-refractivity contribution in [3.05, 3.63) is 52.8 Å². The van der Waals surface area contributed by atoms with Crippen LogP contribution in [0.1, 0.15) is 30.1 Å². The van der Waals surface area contributed by atoms with E-state index in [0.717, 1.165) is 23.6 Å². The summed E-state index contributed by atoms with van der Waals surface area (Å²) < 4.78 is 2.21. The molecule has 2 aromatic rings. The van der Waals surface area contributed by atoms with E-state index in [0.29, 0.717) is 0 Å². The highest BCUT2D eigenvalue weighted by Crippen LogP contribution is 2.31. The van der Waals surface area contributed by atoms with E-state index < -0.39 is 0 Å². The van der Waals surface area contributed by atoms with Crippen molar-refractivity contribution in [2.24, 2.45) is 5.73 Å². The van der Waals surface area contributed by atoms with Gasteiger partial charge in [-0.3, -0.25) is 0 Å². The maximum Gasteiger partial charge on any atom is 0.0467 e. The summed E-state index contributed by atoms with van der Waals surface area (Å²) in [6.45, 7) is 0. The third-order valence-corrected chi connectivity index (χ3v) is 3.68. The lowest BCUT2D eigenvalue weighted by Crippen LogP contribution is -2.17. The smallest absolute Gasteiger partial charge is 0.0467 e. The molecule has 1 unspecified atom stereocenters. The molecule has 1 aromatic carbocycles. The molecule has 1 heterocycles. The molecule has 0 aliphatic heterocycles. The van der Waals surface area contributed by atoms with E-state index in [1.807, 2.05) is 18.2 Å². The summed E-state index contributed by atoms with van der Waals surface area (Å²) in [4.78, 5) is 0. The van der Waals surface area contributed by atoms with Crippen molar-refractivity contribution >= 4 is 11.6 Å². The molecule has 0 radical (unpaired) electrons. The SMILES string of the molecule is NC1CCCc2c1ccn2-c1cccc(Cl)c1. The number of nitrogens with zero attached hydrogens (tertiary/aromatic N) is 1. The molecule has 1 aromatic heterocycles. The fourth-order valence-electron chi connectivity index (χ4n) is 2.60. The molecule has 3 heteroatoms. The standard InChI is InChI=1S/C14H15ClN2/c15-10-3-1-4-11(9-10)17-8-7-12-13(16)5-2-6-14(12)17/h1,3-4,7-9,13H,2,5-6,16H2. The Morgan fingerprint density at radius 3 is 3.00 bits per heavy atom. The van der Waals surface area contributed by atoms with Crippen LogP contribution in [0.5, 0.6) is 0 Å². The van der Waals surface area contributed by atoms with Gasteiger partial charge in [-0.1, -0.05) is 17.7 Å². The first kappa shape index (κ1) is 10.9. The highest BCUT2D eigenvalue weighted by atomic mass is 35.5. The average molecular weight is 247 g/mol. The minimum atomic E-state index is 0.194. The molecule has 3 rings (SSSR count). The highest BCUT2D eigenvalue weighted by Gasteiger charge is 2.20. The summed E-state index contributed by atoms with van der Waals surface area (Å²) in [5.74, 6) is 0. The van der Waals surface area contributed by atoms with Gasteiger partial charge in [0.15, 0.2) is 0 Å². The number of fused-ring (bicyclic) bond motifs is 1. The third kappa shape index (κ3) is 1.88. The molecule has 1 aliphatic rings. The summed E-state index contributed by atoms with van der Waals surface area (Å²) in [6, 6.07) is 10.3. The minimum absolute atomic E-state index is 0.194. The molecule has 88 valence electrons. The fraction of sp³-hybridized carbons (Fsp3) is 0.286. The van der Waals surface area contributed by atoms with Gasteiger partial charge in [-0.2, -0.15) is 0 Å². The summed E-state index contributed by atoms with van der Waals surface area (Å²) in [5, 5.41) is 0.769. The van der Waals surface area contributed by atoms with Crippen molar-refractivity contribution in [2.45, 2.75) is 25.3 Å². The molecular formula is C14H15ClN2. The number of nitrogens with two attached hydrogens (primary N) is 1.